The summed E-state index contributed by atoms with van der Waals surface area (Å²) in [6, 6.07) is 0. The molecule has 26 heavy (non-hydrogen) atoms. The smallest absolute Gasteiger partial charge is 0.0675 e. The summed E-state index contributed by atoms with van der Waals surface area (Å²) in [4.78, 5) is 0. The Labute approximate surface area is 161 Å². The molecule has 0 aliphatic heterocycles. The second-order valence-electron chi connectivity index (χ2n) is 12.0. The van der Waals surface area contributed by atoms with Crippen LogP contribution in [0, 0.1) is 46.3 Å². The van der Waals surface area contributed by atoms with Crippen LogP contribution in [0.1, 0.15) is 104 Å². The van der Waals surface area contributed by atoms with Crippen molar-refractivity contribution in [3.8, 4) is 0 Å². The molecule has 0 unspecified atom stereocenters. The Morgan fingerprint density at radius 3 is 2.19 bits per heavy atom. The fraction of sp³-hybridized carbons (Fsp3) is 1.00. The number of rotatable bonds is 1. The molecule has 0 radical (unpaired) electrons. The monoisotopic (exact) mass is 358 g/mol. The molecule has 0 spiro atoms. The lowest BCUT2D eigenvalue weighted by atomic mass is 9.43. The predicted molar refractivity (Wildman–Crippen MR) is 108 cm³/mol. The molecule has 8 atom stereocenters. The normalized spacial score (nSPS) is 57.5. The van der Waals surface area contributed by atoms with E-state index in [9.17, 15) is 5.11 Å². The summed E-state index contributed by atoms with van der Waals surface area (Å²) in [7, 11) is 0. The molecule has 5 rings (SSSR count). The number of hydrogen-bond donors (Lipinski definition) is 1. The first kappa shape index (κ1) is 18.0. The third-order valence-corrected chi connectivity index (χ3v) is 11.3. The fourth-order valence-electron chi connectivity index (χ4n) is 9.39. The lowest BCUT2D eigenvalue weighted by molar-refractivity contribution is -0.151. The van der Waals surface area contributed by atoms with E-state index in [4.69, 9.17) is 0 Å². The zero-order chi connectivity index (χ0) is 18.2. The summed E-state index contributed by atoms with van der Waals surface area (Å²) in [5, 5.41) is 11.1. The van der Waals surface area contributed by atoms with Gasteiger partial charge < -0.3 is 5.11 Å². The summed E-state index contributed by atoms with van der Waals surface area (Å²) in [6.07, 6.45) is 18.7. The van der Waals surface area contributed by atoms with Crippen LogP contribution in [0.4, 0.5) is 0 Å². The van der Waals surface area contributed by atoms with Crippen molar-refractivity contribution in [3.63, 3.8) is 0 Å². The first-order valence-corrected chi connectivity index (χ1v) is 12.1. The summed E-state index contributed by atoms with van der Waals surface area (Å²) in [6.45, 7) is 7.29. The molecule has 0 aromatic carbocycles. The molecule has 0 aromatic rings. The maximum Gasteiger partial charge on any atom is 0.0675 e. The first-order valence-electron chi connectivity index (χ1n) is 12.1. The highest BCUT2D eigenvalue weighted by atomic mass is 16.3. The quantitative estimate of drug-likeness (QED) is 0.561. The van der Waals surface area contributed by atoms with Crippen LogP contribution < -0.4 is 0 Å². The standard InChI is InChI=1S/C25H42O/c1-23-13-10-18(17-6-4-5-7-17)16-19(23)8-9-20-21(23)11-14-24(2)22(20)12-15-25(24,3)26/h17-22,26H,4-16H2,1-3H3/t18-,19+,20-,21+,22+,23+,24+,25-/m1/s1. The van der Waals surface area contributed by atoms with Gasteiger partial charge in [-0.15, -0.1) is 0 Å². The van der Waals surface area contributed by atoms with E-state index in [-0.39, 0.29) is 5.41 Å². The molecule has 5 fully saturated rings. The lowest BCUT2D eigenvalue weighted by Crippen LogP contribution is -2.56. The average molecular weight is 359 g/mol. The van der Waals surface area contributed by atoms with E-state index in [0.29, 0.717) is 5.41 Å². The van der Waals surface area contributed by atoms with Gasteiger partial charge in [-0.2, -0.15) is 0 Å². The van der Waals surface area contributed by atoms with Crippen molar-refractivity contribution in [1.82, 2.24) is 0 Å². The minimum atomic E-state index is -0.416. The van der Waals surface area contributed by atoms with Gasteiger partial charge in [0.05, 0.1) is 5.60 Å². The Morgan fingerprint density at radius 1 is 0.692 bits per heavy atom. The maximum absolute atomic E-state index is 11.1. The van der Waals surface area contributed by atoms with Crippen molar-refractivity contribution in [2.24, 2.45) is 46.3 Å². The van der Waals surface area contributed by atoms with Gasteiger partial charge in [0.15, 0.2) is 0 Å². The predicted octanol–water partition coefficient (Wildman–Crippen LogP) is 6.59. The van der Waals surface area contributed by atoms with Gasteiger partial charge in [0.1, 0.15) is 0 Å². The van der Waals surface area contributed by atoms with Gasteiger partial charge in [-0.05, 0) is 111 Å². The largest absolute Gasteiger partial charge is 0.390 e. The highest BCUT2D eigenvalue weighted by Gasteiger charge is 2.63. The van der Waals surface area contributed by atoms with Crippen LogP contribution in [0.15, 0.2) is 0 Å². The minimum Gasteiger partial charge on any atom is -0.390 e. The number of hydrogen-bond acceptors (Lipinski definition) is 1. The van der Waals surface area contributed by atoms with Crippen LogP contribution in [0.2, 0.25) is 0 Å². The molecule has 0 bridgehead atoms. The summed E-state index contributed by atoms with van der Waals surface area (Å²) < 4.78 is 0. The Bertz CT molecular complexity index is 546. The maximum atomic E-state index is 11.1. The Hall–Kier alpha value is -0.0400. The van der Waals surface area contributed by atoms with Crippen molar-refractivity contribution < 1.29 is 5.11 Å². The van der Waals surface area contributed by atoms with E-state index in [0.717, 1.165) is 41.9 Å². The van der Waals surface area contributed by atoms with Crippen molar-refractivity contribution in [2.75, 3.05) is 0 Å². The Balaban J connectivity index is 1.36. The fourth-order valence-corrected chi connectivity index (χ4v) is 9.39. The van der Waals surface area contributed by atoms with Gasteiger partial charge >= 0.3 is 0 Å². The second kappa shape index (κ2) is 5.98. The van der Waals surface area contributed by atoms with E-state index in [1.54, 1.807) is 6.42 Å². The average Bonchev–Trinajstić information content (AvgIpc) is 3.21. The summed E-state index contributed by atoms with van der Waals surface area (Å²) in [5.74, 6) is 5.81. The molecule has 0 heterocycles. The van der Waals surface area contributed by atoms with Crippen LogP contribution in [0.5, 0.6) is 0 Å². The number of aliphatic hydroxyl groups is 1. The third kappa shape index (κ3) is 2.37. The van der Waals surface area contributed by atoms with Gasteiger partial charge in [-0.3, -0.25) is 0 Å². The van der Waals surface area contributed by atoms with Crippen LogP contribution in [-0.4, -0.2) is 10.7 Å². The van der Waals surface area contributed by atoms with Gasteiger partial charge in [-0.25, -0.2) is 0 Å². The van der Waals surface area contributed by atoms with Gasteiger partial charge in [0, 0.05) is 0 Å². The van der Waals surface area contributed by atoms with E-state index in [1.807, 2.05) is 0 Å². The Kier molecular flexibility index (Phi) is 4.14. The SMILES string of the molecule is C[C@]12CC[C@@H](C3CCCC3)C[C@@H]1CC[C@@H]1[C@@H]2CC[C@@]2(C)[C@H]1CC[C@@]2(C)O. The van der Waals surface area contributed by atoms with E-state index in [2.05, 4.69) is 20.8 Å². The molecule has 1 nitrogen and oxygen atoms in total. The Morgan fingerprint density at radius 2 is 1.42 bits per heavy atom. The van der Waals surface area contributed by atoms with Crippen LogP contribution >= 0.6 is 0 Å². The van der Waals surface area contributed by atoms with Crippen LogP contribution in [-0.2, 0) is 0 Å². The highest BCUT2D eigenvalue weighted by molar-refractivity contribution is 5.12. The molecule has 5 aliphatic carbocycles. The molecule has 0 amide bonds. The van der Waals surface area contributed by atoms with E-state index in [1.165, 1.54) is 70.6 Å². The molecule has 0 aromatic heterocycles. The molecular formula is C25H42O. The molecule has 1 N–H and O–H groups in total. The van der Waals surface area contributed by atoms with Gasteiger partial charge in [0.2, 0.25) is 0 Å². The van der Waals surface area contributed by atoms with Crippen LogP contribution in [0.3, 0.4) is 0 Å². The van der Waals surface area contributed by atoms with E-state index < -0.39 is 5.60 Å². The molecule has 5 saturated carbocycles. The van der Waals surface area contributed by atoms with Gasteiger partial charge in [0.25, 0.3) is 0 Å². The van der Waals surface area contributed by atoms with Gasteiger partial charge in [-0.1, -0.05) is 39.5 Å². The molecular weight excluding hydrogens is 316 g/mol. The zero-order valence-electron chi connectivity index (χ0n) is 17.6. The first-order chi connectivity index (χ1) is 12.4. The second-order valence-corrected chi connectivity index (χ2v) is 12.0. The minimum absolute atomic E-state index is 0.193. The molecule has 148 valence electrons. The summed E-state index contributed by atoms with van der Waals surface area (Å²) in [5.41, 5.74) is 0.396. The topological polar surface area (TPSA) is 20.2 Å². The van der Waals surface area contributed by atoms with Crippen molar-refractivity contribution >= 4 is 0 Å². The lowest BCUT2D eigenvalue weighted by Gasteiger charge is -2.62. The number of fused-ring (bicyclic) bond motifs is 5. The highest BCUT2D eigenvalue weighted by Crippen LogP contribution is 2.68. The molecule has 0 saturated heterocycles. The third-order valence-electron chi connectivity index (χ3n) is 11.3. The van der Waals surface area contributed by atoms with Crippen molar-refractivity contribution in [3.05, 3.63) is 0 Å². The van der Waals surface area contributed by atoms with E-state index >= 15 is 0 Å². The molecule has 5 aliphatic rings. The van der Waals surface area contributed by atoms with Crippen molar-refractivity contribution in [2.45, 2.75) is 110 Å². The van der Waals surface area contributed by atoms with Crippen molar-refractivity contribution in [1.29, 1.82) is 0 Å². The zero-order valence-corrected chi connectivity index (χ0v) is 17.6. The van der Waals surface area contributed by atoms with Crippen LogP contribution in [0.25, 0.3) is 0 Å². The molecule has 1 heteroatoms. The summed E-state index contributed by atoms with van der Waals surface area (Å²) >= 11 is 0.